The summed E-state index contributed by atoms with van der Waals surface area (Å²) < 4.78 is 26.8. The largest absolute Gasteiger partial charge is 0.356 e. The van der Waals surface area contributed by atoms with Gasteiger partial charge in [0.15, 0.2) is 0 Å². The fourth-order valence-electron chi connectivity index (χ4n) is 3.60. The minimum Gasteiger partial charge on any atom is -0.356 e. The van der Waals surface area contributed by atoms with Crippen molar-refractivity contribution in [2.24, 2.45) is 5.92 Å². The highest BCUT2D eigenvalue weighted by Crippen LogP contribution is 2.21. The second-order valence-corrected chi connectivity index (χ2v) is 10.6. The van der Waals surface area contributed by atoms with Crippen LogP contribution in [0.4, 0.5) is 0 Å². The van der Waals surface area contributed by atoms with E-state index in [4.69, 9.17) is 0 Å². The number of likely N-dealkylation sites (tertiary alicyclic amines) is 1. The van der Waals surface area contributed by atoms with Crippen molar-refractivity contribution in [3.05, 3.63) is 18.0 Å². The first kappa shape index (κ1) is 20.7. The van der Waals surface area contributed by atoms with Crippen molar-refractivity contribution in [1.82, 2.24) is 19.5 Å². The van der Waals surface area contributed by atoms with E-state index in [2.05, 4.69) is 22.1 Å². The summed E-state index contributed by atoms with van der Waals surface area (Å²) >= 11 is 1.76. The Bertz CT molecular complexity index is 723. The first-order valence-corrected chi connectivity index (χ1v) is 12.3. The smallest absolute Gasteiger partial charge is 0.267 e. The highest BCUT2D eigenvalue weighted by atomic mass is 32.2. The van der Waals surface area contributed by atoms with E-state index in [1.807, 2.05) is 0 Å². The van der Waals surface area contributed by atoms with Gasteiger partial charge in [0.2, 0.25) is 10.0 Å². The monoisotopic (exact) mass is 414 g/mol. The number of piperidine rings is 1. The van der Waals surface area contributed by atoms with Crippen LogP contribution < -0.4 is 5.32 Å². The first-order chi connectivity index (χ1) is 13.0. The van der Waals surface area contributed by atoms with E-state index in [0.29, 0.717) is 31.2 Å². The molecule has 0 aromatic carbocycles. The van der Waals surface area contributed by atoms with Gasteiger partial charge < -0.3 is 15.2 Å². The third kappa shape index (κ3) is 5.49. The molecule has 1 amide bonds. The summed E-state index contributed by atoms with van der Waals surface area (Å²) in [6.45, 7) is 7.03. The van der Waals surface area contributed by atoms with Crippen LogP contribution in [0.2, 0.25) is 0 Å². The number of hydrogen-bond donors (Lipinski definition) is 2. The van der Waals surface area contributed by atoms with Gasteiger partial charge in [-0.25, -0.2) is 8.42 Å². The molecule has 2 aliphatic heterocycles. The van der Waals surface area contributed by atoms with Crippen molar-refractivity contribution < 1.29 is 13.2 Å². The number of H-pyrrole nitrogens is 1. The zero-order valence-electron chi connectivity index (χ0n) is 15.9. The van der Waals surface area contributed by atoms with Crippen LogP contribution in [0.1, 0.15) is 36.7 Å². The number of sulfonamides is 1. The molecule has 3 heterocycles. The molecule has 2 fully saturated rings. The Morgan fingerprint density at radius 2 is 1.93 bits per heavy atom. The van der Waals surface area contributed by atoms with Crippen LogP contribution in [-0.2, 0) is 10.0 Å². The number of aromatic amines is 1. The van der Waals surface area contributed by atoms with Gasteiger partial charge in [0, 0.05) is 43.9 Å². The van der Waals surface area contributed by atoms with Gasteiger partial charge in [0.1, 0.15) is 10.6 Å². The zero-order valence-corrected chi connectivity index (χ0v) is 17.6. The molecule has 0 radical (unpaired) electrons. The summed E-state index contributed by atoms with van der Waals surface area (Å²) in [4.78, 5) is 17.8. The summed E-state index contributed by atoms with van der Waals surface area (Å²) in [5, 5.41) is 2.92. The van der Waals surface area contributed by atoms with Crippen molar-refractivity contribution in [1.29, 1.82) is 0 Å². The molecule has 0 bridgehead atoms. The van der Waals surface area contributed by atoms with Gasteiger partial charge in [0.05, 0.1) is 0 Å². The van der Waals surface area contributed by atoms with E-state index in [9.17, 15) is 13.2 Å². The summed E-state index contributed by atoms with van der Waals surface area (Å²) in [5.41, 5.74) is 0.296. The normalized spacial score (nSPS) is 21.1. The van der Waals surface area contributed by atoms with Crippen LogP contribution in [-0.4, -0.2) is 79.3 Å². The molecule has 2 aliphatic rings. The number of nitrogens with one attached hydrogen (secondary N) is 2. The molecule has 2 N–H and O–H groups in total. The molecule has 1 atom stereocenters. The molecular formula is C18H30N4O3S2. The molecule has 9 heteroatoms. The summed E-state index contributed by atoms with van der Waals surface area (Å²) in [7, 11) is -3.52. The highest BCUT2D eigenvalue weighted by molar-refractivity contribution is 7.99. The lowest BCUT2D eigenvalue weighted by molar-refractivity contribution is 0.0938. The van der Waals surface area contributed by atoms with E-state index < -0.39 is 10.0 Å². The average molecular weight is 415 g/mol. The second kappa shape index (κ2) is 9.45. The van der Waals surface area contributed by atoms with Gasteiger partial charge >= 0.3 is 0 Å². The minimum absolute atomic E-state index is 0.168. The molecule has 0 saturated carbocycles. The Morgan fingerprint density at radius 1 is 1.22 bits per heavy atom. The SMILES string of the molecule is CC(CNC(=O)c1cc(S(=O)(=O)N2CCSCC2)c[nH]1)CN1CCCCC1. The van der Waals surface area contributed by atoms with Gasteiger partial charge in [-0.05, 0) is 37.9 Å². The Hall–Kier alpha value is -1.03. The van der Waals surface area contributed by atoms with Crippen LogP contribution >= 0.6 is 11.8 Å². The zero-order chi connectivity index (χ0) is 19.3. The third-order valence-corrected chi connectivity index (χ3v) is 7.96. The predicted octanol–water partition coefficient (Wildman–Crippen LogP) is 1.60. The summed E-state index contributed by atoms with van der Waals surface area (Å²) in [6, 6.07) is 1.45. The molecule has 1 aromatic heterocycles. The van der Waals surface area contributed by atoms with Gasteiger partial charge in [-0.2, -0.15) is 16.1 Å². The second-order valence-electron chi connectivity index (χ2n) is 7.44. The summed E-state index contributed by atoms with van der Waals surface area (Å²) in [6.07, 6.45) is 5.25. The first-order valence-electron chi connectivity index (χ1n) is 9.73. The van der Waals surface area contributed by atoms with E-state index in [1.165, 1.54) is 35.8 Å². The van der Waals surface area contributed by atoms with E-state index in [0.717, 1.165) is 31.1 Å². The lowest BCUT2D eigenvalue weighted by Gasteiger charge is -2.29. The number of carbonyl (C=O) groups is 1. The molecule has 2 saturated heterocycles. The maximum Gasteiger partial charge on any atom is 0.267 e. The number of aromatic nitrogens is 1. The molecule has 7 nitrogen and oxygen atoms in total. The Morgan fingerprint density at radius 3 is 2.63 bits per heavy atom. The van der Waals surface area contributed by atoms with Crippen LogP contribution in [0, 0.1) is 5.92 Å². The van der Waals surface area contributed by atoms with Crippen LogP contribution in [0.3, 0.4) is 0 Å². The van der Waals surface area contributed by atoms with Crippen molar-refractivity contribution in [3.63, 3.8) is 0 Å². The molecule has 27 heavy (non-hydrogen) atoms. The number of nitrogens with zero attached hydrogens (tertiary/aromatic N) is 2. The fourth-order valence-corrected chi connectivity index (χ4v) is 6.17. The van der Waals surface area contributed by atoms with E-state index in [-0.39, 0.29) is 10.8 Å². The molecule has 0 spiro atoms. The van der Waals surface area contributed by atoms with E-state index in [1.54, 1.807) is 11.8 Å². The fraction of sp³-hybridized carbons (Fsp3) is 0.722. The minimum atomic E-state index is -3.52. The molecule has 1 aromatic rings. The predicted molar refractivity (Wildman–Crippen MR) is 109 cm³/mol. The average Bonchev–Trinajstić information content (AvgIpc) is 3.19. The molecular weight excluding hydrogens is 384 g/mol. The number of carbonyl (C=O) groups excluding carboxylic acids is 1. The van der Waals surface area contributed by atoms with Gasteiger partial charge in [-0.3, -0.25) is 4.79 Å². The lowest BCUT2D eigenvalue weighted by atomic mass is 10.1. The maximum atomic E-state index is 12.7. The third-order valence-electron chi connectivity index (χ3n) is 5.14. The quantitative estimate of drug-likeness (QED) is 0.708. The number of thioether (sulfide) groups is 1. The maximum absolute atomic E-state index is 12.7. The highest BCUT2D eigenvalue weighted by Gasteiger charge is 2.27. The van der Waals surface area contributed by atoms with Crippen molar-refractivity contribution in [2.45, 2.75) is 31.1 Å². The van der Waals surface area contributed by atoms with Gasteiger partial charge in [0.25, 0.3) is 5.91 Å². The van der Waals surface area contributed by atoms with Crippen LogP contribution in [0.5, 0.6) is 0 Å². The van der Waals surface area contributed by atoms with E-state index >= 15 is 0 Å². The van der Waals surface area contributed by atoms with Gasteiger partial charge in [-0.15, -0.1) is 0 Å². The van der Waals surface area contributed by atoms with Crippen molar-refractivity contribution in [3.8, 4) is 0 Å². The topological polar surface area (TPSA) is 85.5 Å². The number of rotatable bonds is 7. The molecule has 3 rings (SSSR count). The molecule has 152 valence electrons. The molecule has 0 aliphatic carbocycles. The standard InChI is InChI=1S/C18H30N4O3S2/c1-15(14-21-5-3-2-4-6-21)12-20-18(23)17-11-16(13-19-17)27(24,25)22-7-9-26-10-8-22/h11,13,15,19H,2-10,12,14H2,1H3,(H,20,23). The van der Waals surface area contributed by atoms with Crippen molar-refractivity contribution in [2.75, 3.05) is 50.8 Å². The lowest BCUT2D eigenvalue weighted by Crippen LogP contribution is -2.38. The van der Waals surface area contributed by atoms with Crippen molar-refractivity contribution >= 4 is 27.7 Å². The Labute approximate surface area is 166 Å². The van der Waals surface area contributed by atoms with Crippen LogP contribution in [0.15, 0.2) is 17.2 Å². The summed E-state index contributed by atoms with van der Waals surface area (Å²) in [5.74, 6) is 1.73. The van der Waals surface area contributed by atoms with Crippen LogP contribution in [0.25, 0.3) is 0 Å². The molecule has 1 unspecified atom stereocenters. The van der Waals surface area contributed by atoms with Gasteiger partial charge in [-0.1, -0.05) is 13.3 Å². The Kier molecular flexibility index (Phi) is 7.24. The number of hydrogen-bond acceptors (Lipinski definition) is 5. The number of amides is 1. The Balaban J connectivity index is 1.52.